The molecule has 5 heterocycles. The molecule has 3 aromatic heterocycles. The number of rotatable bonds is 4. The number of hydrogen-bond acceptors (Lipinski definition) is 5. The van der Waals surface area contributed by atoms with Crippen LogP contribution in [0.25, 0.3) is 27.8 Å². The Balaban J connectivity index is 1.60. The number of nitrogens with zero attached hydrogens (tertiary/aromatic N) is 3. The smallest absolute Gasteiger partial charge is 0.332 e. The lowest BCUT2D eigenvalue weighted by atomic mass is 9.85. The molecule has 2 fully saturated rings. The number of aromatic nitrogens is 4. The number of pyridine rings is 1. The maximum atomic E-state index is 13.8. The molecule has 0 spiro atoms. The Bertz CT molecular complexity index is 1350. The molecular weight excluding hydrogens is 439 g/mol. The molecule has 2 N–H and O–H groups in total. The van der Waals surface area contributed by atoms with Crippen LogP contribution in [-0.4, -0.2) is 56.7 Å². The molecule has 0 aliphatic carbocycles. The zero-order valence-electron chi connectivity index (χ0n) is 18.5. The van der Waals surface area contributed by atoms with Crippen LogP contribution in [0.15, 0.2) is 36.5 Å². The van der Waals surface area contributed by atoms with E-state index >= 15 is 0 Å². The molecule has 2 atom stereocenters. The number of hydrogen-bond donors (Lipinski definition) is 2. The minimum atomic E-state index is -0.922. The third-order valence-corrected chi connectivity index (χ3v) is 7.07. The molecule has 0 amide bonds. The van der Waals surface area contributed by atoms with E-state index in [2.05, 4.69) is 20.8 Å². The van der Waals surface area contributed by atoms with Gasteiger partial charge in [-0.3, -0.25) is 5.10 Å². The van der Waals surface area contributed by atoms with Gasteiger partial charge in [-0.05, 0) is 56.0 Å². The normalized spacial score (nSPS) is 21.9. The van der Waals surface area contributed by atoms with Crippen LogP contribution in [0.3, 0.4) is 0 Å². The molecule has 4 aromatic rings. The van der Waals surface area contributed by atoms with E-state index in [1.54, 1.807) is 18.3 Å². The highest BCUT2D eigenvalue weighted by Gasteiger charge is 2.35. The van der Waals surface area contributed by atoms with Gasteiger partial charge in [-0.2, -0.15) is 5.10 Å². The van der Waals surface area contributed by atoms with Gasteiger partial charge in [0.2, 0.25) is 0 Å². The van der Waals surface area contributed by atoms with Crippen molar-refractivity contribution in [2.24, 2.45) is 0 Å². The molecule has 0 bridgehead atoms. The van der Waals surface area contributed by atoms with Crippen LogP contribution in [-0.2, 0) is 14.3 Å². The lowest BCUT2D eigenvalue weighted by Gasteiger charge is -2.30. The second-order valence-electron chi connectivity index (χ2n) is 9.10. The molecule has 2 saturated heterocycles. The van der Waals surface area contributed by atoms with E-state index in [1.165, 1.54) is 12.1 Å². The lowest BCUT2D eigenvalue weighted by Crippen LogP contribution is -2.32. The van der Waals surface area contributed by atoms with Crippen molar-refractivity contribution in [2.45, 2.75) is 43.6 Å². The summed E-state index contributed by atoms with van der Waals surface area (Å²) in [6.45, 7) is 1.67. The van der Waals surface area contributed by atoms with Gasteiger partial charge in [0.25, 0.3) is 0 Å². The standard InChI is InChI=1S/C25H25FN4O4/c26-17-2-4-18(5-3-17)30-19-11-16-12-27-29-24(16)28-22(19)21(23(30)14-7-9-33-10-8-14)15-1-6-20(25(31)32)34-13-15/h2-5,11-12,14-15,20H,1,6-10,13H2,(H,31,32)(H,27,28,29)/t15-,20+/m0/s1. The summed E-state index contributed by atoms with van der Waals surface area (Å²) in [7, 11) is 0. The van der Waals surface area contributed by atoms with Crippen LogP contribution in [0, 0.1) is 5.82 Å². The van der Waals surface area contributed by atoms with Crippen molar-refractivity contribution in [2.75, 3.05) is 19.8 Å². The summed E-state index contributed by atoms with van der Waals surface area (Å²) >= 11 is 0. The van der Waals surface area contributed by atoms with E-state index in [0.29, 0.717) is 38.3 Å². The van der Waals surface area contributed by atoms with Gasteiger partial charge in [-0.25, -0.2) is 14.2 Å². The molecule has 0 saturated carbocycles. The maximum absolute atomic E-state index is 13.8. The number of carbonyl (C=O) groups is 1. The minimum Gasteiger partial charge on any atom is -0.479 e. The molecule has 1 aromatic carbocycles. The second kappa shape index (κ2) is 8.48. The molecule has 2 aliphatic rings. The third-order valence-electron chi connectivity index (χ3n) is 7.07. The van der Waals surface area contributed by atoms with Gasteiger partial charge in [0.15, 0.2) is 11.8 Å². The largest absolute Gasteiger partial charge is 0.479 e. The van der Waals surface area contributed by atoms with E-state index in [9.17, 15) is 14.3 Å². The van der Waals surface area contributed by atoms with Crippen LogP contribution < -0.4 is 0 Å². The van der Waals surface area contributed by atoms with Gasteiger partial charge in [-0.1, -0.05) is 0 Å². The average Bonchev–Trinajstić information content (AvgIpc) is 3.45. The fraction of sp³-hybridized carbons (Fsp3) is 0.400. The van der Waals surface area contributed by atoms with E-state index in [4.69, 9.17) is 14.5 Å². The van der Waals surface area contributed by atoms with Crippen LogP contribution in [0.4, 0.5) is 4.39 Å². The van der Waals surface area contributed by atoms with Gasteiger partial charge in [0.05, 0.1) is 23.8 Å². The predicted molar refractivity (Wildman–Crippen MR) is 123 cm³/mol. The number of halogens is 1. The van der Waals surface area contributed by atoms with Gasteiger partial charge in [-0.15, -0.1) is 0 Å². The Morgan fingerprint density at radius 3 is 2.62 bits per heavy atom. The highest BCUT2D eigenvalue weighted by molar-refractivity contribution is 5.93. The van der Waals surface area contributed by atoms with Gasteiger partial charge >= 0.3 is 5.97 Å². The Kier molecular flexibility index (Phi) is 5.30. The van der Waals surface area contributed by atoms with Crippen LogP contribution in [0.2, 0.25) is 0 Å². The molecule has 34 heavy (non-hydrogen) atoms. The average molecular weight is 464 g/mol. The minimum absolute atomic E-state index is 0.00511. The number of aliphatic carboxylic acids is 1. The second-order valence-corrected chi connectivity index (χ2v) is 9.10. The number of carboxylic acid groups (broad SMARTS) is 1. The monoisotopic (exact) mass is 464 g/mol. The van der Waals surface area contributed by atoms with Gasteiger partial charge in [0.1, 0.15) is 5.82 Å². The number of nitrogens with one attached hydrogen (secondary N) is 1. The summed E-state index contributed by atoms with van der Waals surface area (Å²) in [6, 6.07) is 8.59. The van der Waals surface area contributed by atoms with Crippen molar-refractivity contribution in [3.05, 3.63) is 53.6 Å². The third kappa shape index (κ3) is 3.56. The summed E-state index contributed by atoms with van der Waals surface area (Å²) in [6.07, 6.45) is 3.85. The molecule has 9 heteroatoms. The number of H-pyrrole nitrogens is 1. The Labute approximate surface area is 194 Å². The van der Waals surface area contributed by atoms with Crippen molar-refractivity contribution in [3.63, 3.8) is 0 Å². The van der Waals surface area contributed by atoms with Gasteiger partial charge < -0.3 is 19.1 Å². The summed E-state index contributed by atoms with van der Waals surface area (Å²) < 4.78 is 27.4. The molecule has 8 nitrogen and oxygen atoms in total. The first-order chi connectivity index (χ1) is 16.6. The predicted octanol–water partition coefficient (Wildman–Crippen LogP) is 4.28. The first kappa shape index (κ1) is 21.2. The van der Waals surface area contributed by atoms with E-state index < -0.39 is 12.1 Å². The van der Waals surface area contributed by atoms with Crippen molar-refractivity contribution >= 4 is 28.0 Å². The first-order valence-corrected chi connectivity index (χ1v) is 11.7. The number of ether oxygens (including phenoxy) is 2. The van der Waals surface area contributed by atoms with E-state index in [1.807, 2.05) is 0 Å². The van der Waals surface area contributed by atoms with E-state index in [0.717, 1.165) is 46.2 Å². The van der Waals surface area contributed by atoms with Crippen molar-refractivity contribution in [1.29, 1.82) is 0 Å². The fourth-order valence-electron chi connectivity index (χ4n) is 5.43. The SMILES string of the molecule is O=C(O)[C@H]1CC[C@H](c2c(C3CCOCC3)n(-c3ccc(F)cc3)c3cc4cn[nH]c4nc23)CO1. The van der Waals surface area contributed by atoms with E-state index in [-0.39, 0.29) is 17.7 Å². The Morgan fingerprint density at radius 2 is 1.91 bits per heavy atom. The molecular formula is C25H25FN4O4. The highest BCUT2D eigenvalue weighted by atomic mass is 19.1. The quantitative estimate of drug-likeness (QED) is 0.467. The lowest BCUT2D eigenvalue weighted by molar-refractivity contribution is -0.153. The Morgan fingerprint density at radius 1 is 1.12 bits per heavy atom. The summed E-state index contributed by atoms with van der Waals surface area (Å²) in [5.41, 5.74) is 5.57. The molecule has 176 valence electrons. The molecule has 6 rings (SSSR count). The zero-order chi connectivity index (χ0) is 23.2. The van der Waals surface area contributed by atoms with Gasteiger partial charge in [0, 0.05) is 47.4 Å². The maximum Gasteiger partial charge on any atom is 0.332 e. The van der Waals surface area contributed by atoms with Crippen LogP contribution >= 0.6 is 0 Å². The summed E-state index contributed by atoms with van der Waals surface area (Å²) in [4.78, 5) is 16.4. The zero-order valence-corrected chi connectivity index (χ0v) is 18.5. The van der Waals surface area contributed by atoms with Crippen LogP contribution in [0.1, 0.15) is 48.8 Å². The molecule has 0 radical (unpaired) electrons. The number of fused-ring (bicyclic) bond motifs is 2. The number of benzene rings is 1. The van der Waals surface area contributed by atoms with Crippen molar-refractivity contribution < 1.29 is 23.8 Å². The van der Waals surface area contributed by atoms with Crippen molar-refractivity contribution in [3.8, 4) is 5.69 Å². The number of aromatic amines is 1. The summed E-state index contributed by atoms with van der Waals surface area (Å²) in [5, 5.41) is 17.4. The first-order valence-electron chi connectivity index (χ1n) is 11.7. The molecule has 2 aliphatic heterocycles. The van der Waals surface area contributed by atoms with Crippen molar-refractivity contribution in [1.82, 2.24) is 19.7 Å². The summed E-state index contributed by atoms with van der Waals surface area (Å²) in [5.74, 6) is -0.972. The topological polar surface area (TPSA) is 102 Å². The van der Waals surface area contributed by atoms with Crippen LogP contribution in [0.5, 0.6) is 0 Å². The Hall–Kier alpha value is -3.30. The highest BCUT2D eigenvalue weighted by Crippen LogP contribution is 2.44. The number of carboxylic acids is 1. The fourth-order valence-corrected chi connectivity index (χ4v) is 5.43. The molecule has 0 unspecified atom stereocenters.